The Morgan fingerprint density at radius 3 is 2.84 bits per heavy atom. The van der Waals surface area contributed by atoms with Crippen LogP contribution in [0.5, 0.6) is 0 Å². The number of hydrogen-bond donors (Lipinski definition) is 0. The first-order valence-electron chi connectivity index (χ1n) is 7.87. The Hall–Kier alpha value is -2.25. The number of ether oxygens (including phenoxy) is 1. The fraction of sp³-hybridized carbons (Fsp3) is 0.278. The minimum absolute atomic E-state index is 0.209. The maximum Gasteiger partial charge on any atom is 0.306 e. The number of benzene rings is 1. The SMILES string of the molecule is CN(Cc1ccsc1)C(=O)COC(=O)CCc1nc2ccccc2s1. The molecule has 0 unspecified atom stereocenters. The number of rotatable bonds is 7. The molecule has 3 aromatic rings. The topological polar surface area (TPSA) is 59.5 Å². The highest BCUT2D eigenvalue weighted by Crippen LogP contribution is 2.22. The van der Waals surface area contributed by atoms with Crippen LogP contribution in [0.15, 0.2) is 41.1 Å². The third-order valence-electron chi connectivity index (χ3n) is 3.66. The second-order valence-corrected chi connectivity index (χ2v) is 7.51. The Balaban J connectivity index is 1.42. The molecule has 1 amide bonds. The van der Waals surface area contributed by atoms with Gasteiger partial charge in [-0.3, -0.25) is 9.59 Å². The predicted octanol–water partition coefficient (Wildman–Crippen LogP) is 3.49. The van der Waals surface area contributed by atoms with Gasteiger partial charge in [0.15, 0.2) is 6.61 Å². The Labute approximate surface area is 153 Å². The molecule has 7 heteroatoms. The van der Waals surface area contributed by atoms with Crippen LogP contribution in [0.1, 0.15) is 17.0 Å². The molecule has 1 aromatic carbocycles. The predicted molar refractivity (Wildman–Crippen MR) is 99.7 cm³/mol. The molecule has 0 aliphatic heterocycles. The van der Waals surface area contributed by atoms with Crippen molar-refractivity contribution in [1.82, 2.24) is 9.88 Å². The van der Waals surface area contributed by atoms with E-state index in [0.29, 0.717) is 13.0 Å². The molecule has 25 heavy (non-hydrogen) atoms. The number of hydrogen-bond acceptors (Lipinski definition) is 6. The van der Waals surface area contributed by atoms with Crippen molar-refractivity contribution in [3.63, 3.8) is 0 Å². The van der Waals surface area contributed by atoms with Gasteiger partial charge in [-0.2, -0.15) is 11.3 Å². The molecule has 2 heterocycles. The Bertz CT molecular complexity index is 825. The zero-order chi connectivity index (χ0) is 17.6. The maximum atomic E-state index is 12.0. The average molecular weight is 374 g/mol. The number of carbonyl (C=O) groups is 2. The van der Waals surface area contributed by atoms with E-state index in [4.69, 9.17) is 4.74 Å². The summed E-state index contributed by atoms with van der Waals surface area (Å²) >= 11 is 3.17. The van der Waals surface area contributed by atoms with Crippen molar-refractivity contribution in [2.24, 2.45) is 0 Å². The molecule has 5 nitrogen and oxygen atoms in total. The van der Waals surface area contributed by atoms with Crippen LogP contribution in [0.2, 0.25) is 0 Å². The molecule has 0 saturated heterocycles. The first kappa shape index (κ1) is 17.6. The van der Waals surface area contributed by atoms with Gasteiger partial charge in [0.05, 0.1) is 21.6 Å². The van der Waals surface area contributed by atoms with Crippen molar-refractivity contribution in [3.05, 3.63) is 51.7 Å². The quantitative estimate of drug-likeness (QED) is 0.594. The van der Waals surface area contributed by atoms with Gasteiger partial charge in [0.25, 0.3) is 5.91 Å². The third-order valence-corrected chi connectivity index (χ3v) is 5.49. The Morgan fingerprint density at radius 1 is 1.24 bits per heavy atom. The highest BCUT2D eigenvalue weighted by atomic mass is 32.1. The number of thiazole rings is 1. The van der Waals surface area contributed by atoms with E-state index in [2.05, 4.69) is 4.98 Å². The molecule has 0 bridgehead atoms. The zero-order valence-electron chi connectivity index (χ0n) is 13.8. The number of carbonyl (C=O) groups excluding carboxylic acids is 2. The third kappa shape index (κ3) is 4.87. The first-order chi connectivity index (χ1) is 12.1. The van der Waals surface area contributed by atoms with E-state index in [1.807, 2.05) is 41.1 Å². The van der Waals surface area contributed by atoms with Crippen LogP contribution >= 0.6 is 22.7 Å². The number of aromatic nitrogens is 1. The Kier molecular flexibility index (Phi) is 5.78. The Morgan fingerprint density at radius 2 is 2.08 bits per heavy atom. The van der Waals surface area contributed by atoms with E-state index in [9.17, 15) is 9.59 Å². The molecular formula is C18H18N2O3S2. The first-order valence-corrected chi connectivity index (χ1v) is 9.63. The second-order valence-electron chi connectivity index (χ2n) is 5.62. The van der Waals surface area contributed by atoms with E-state index >= 15 is 0 Å². The molecule has 0 N–H and O–H groups in total. The second kappa shape index (κ2) is 8.22. The number of likely N-dealkylation sites (N-methyl/N-ethyl adjacent to an activating group) is 1. The molecule has 2 aromatic heterocycles. The fourth-order valence-electron chi connectivity index (χ4n) is 2.31. The number of thiophene rings is 1. The molecular weight excluding hydrogens is 356 g/mol. The fourth-order valence-corrected chi connectivity index (χ4v) is 3.93. The van der Waals surface area contributed by atoms with Gasteiger partial charge in [-0.15, -0.1) is 11.3 Å². The number of nitrogens with zero attached hydrogens (tertiary/aromatic N) is 2. The lowest BCUT2D eigenvalue weighted by molar-refractivity contribution is -0.151. The van der Waals surface area contributed by atoms with Gasteiger partial charge >= 0.3 is 5.97 Å². The summed E-state index contributed by atoms with van der Waals surface area (Å²) < 4.78 is 6.20. The molecule has 0 radical (unpaired) electrons. The van der Waals surface area contributed by atoms with Crippen molar-refractivity contribution in [3.8, 4) is 0 Å². The number of fused-ring (bicyclic) bond motifs is 1. The summed E-state index contributed by atoms with van der Waals surface area (Å²) in [4.78, 5) is 29.9. The van der Waals surface area contributed by atoms with Gasteiger partial charge < -0.3 is 9.64 Å². The highest BCUT2D eigenvalue weighted by molar-refractivity contribution is 7.18. The van der Waals surface area contributed by atoms with Crippen LogP contribution in [-0.2, 0) is 27.3 Å². The molecule has 0 aliphatic rings. The normalized spacial score (nSPS) is 10.8. The van der Waals surface area contributed by atoms with Gasteiger partial charge in [-0.1, -0.05) is 12.1 Å². The van der Waals surface area contributed by atoms with Crippen molar-refractivity contribution >= 4 is 44.8 Å². The standard InChI is InChI=1S/C18H18N2O3S2/c1-20(10-13-8-9-24-12-13)17(21)11-23-18(22)7-6-16-19-14-4-2-3-5-15(14)25-16/h2-5,8-9,12H,6-7,10-11H2,1H3. The number of esters is 1. The van der Waals surface area contributed by atoms with E-state index in [-0.39, 0.29) is 24.9 Å². The van der Waals surface area contributed by atoms with Crippen LogP contribution in [0.25, 0.3) is 10.2 Å². The van der Waals surface area contributed by atoms with Gasteiger partial charge in [-0.05, 0) is 34.5 Å². The smallest absolute Gasteiger partial charge is 0.306 e. The minimum Gasteiger partial charge on any atom is -0.456 e. The molecule has 0 spiro atoms. The largest absolute Gasteiger partial charge is 0.456 e. The summed E-state index contributed by atoms with van der Waals surface area (Å²) in [5.74, 6) is -0.587. The van der Waals surface area contributed by atoms with E-state index in [0.717, 1.165) is 20.8 Å². The highest BCUT2D eigenvalue weighted by Gasteiger charge is 2.13. The molecule has 0 saturated carbocycles. The molecule has 0 fully saturated rings. The molecule has 3 rings (SSSR count). The summed E-state index contributed by atoms with van der Waals surface area (Å²) in [6.45, 7) is 0.297. The monoisotopic (exact) mass is 374 g/mol. The molecule has 0 atom stereocenters. The van der Waals surface area contributed by atoms with Gasteiger partial charge in [0, 0.05) is 20.0 Å². The lowest BCUT2D eigenvalue weighted by Gasteiger charge is -2.16. The lowest BCUT2D eigenvalue weighted by atomic mass is 10.3. The number of aryl methyl sites for hydroxylation is 1. The number of amides is 1. The van der Waals surface area contributed by atoms with Crippen molar-refractivity contribution < 1.29 is 14.3 Å². The molecule has 0 aliphatic carbocycles. The summed E-state index contributed by atoms with van der Waals surface area (Å²) in [5.41, 5.74) is 2.02. The van der Waals surface area contributed by atoms with Gasteiger partial charge in [-0.25, -0.2) is 4.98 Å². The number of para-hydroxylation sites is 1. The summed E-state index contributed by atoms with van der Waals surface area (Å²) in [5, 5.41) is 4.86. The minimum atomic E-state index is -0.378. The summed E-state index contributed by atoms with van der Waals surface area (Å²) in [6, 6.07) is 9.85. The van der Waals surface area contributed by atoms with Crippen LogP contribution in [0, 0.1) is 0 Å². The lowest BCUT2D eigenvalue weighted by Crippen LogP contribution is -2.30. The van der Waals surface area contributed by atoms with Crippen LogP contribution in [0.3, 0.4) is 0 Å². The van der Waals surface area contributed by atoms with Crippen molar-refractivity contribution in [2.75, 3.05) is 13.7 Å². The van der Waals surface area contributed by atoms with E-state index in [1.54, 1.807) is 34.6 Å². The van der Waals surface area contributed by atoms with E-state index < -0.39 is 0 Å². The van der Waals surface area contributed by atoms with Gasteiger partial charge in [0.1, 0.15) is 0 Å². The van der Waals surface area contributed by atoms with Gasteiger partial charge in [0.2, 0.25) is 0 Å². The maximum absolute atomic E-state index is 12.0. The summed E-state index contributed by atoms with van der Waals surface area (Å²) in [7, 11) is 1.70. The zero-order valence-corrected chi connectivity index (χ0v) is 15.4. The average Bonchev–Trinajstić information content (AvgIpc) is 3.26. The summed E-state index contributed by atoms with van der Waals surface area (Å²) in [6.07, 6.45) is 0.748. The van der Waals surface area contributed by atoms with Crippen LogP contribution < -0.4 is 0 Å². The van der Waals surface area contributed by atoms with Crippen molar-refractivity contribution in [2.45, 2.75) is 19.4 Å². The van der Waals surface area contributed by atoms with E-state index in [1.165, 1.54) is 0 Å². The molecule has 130 valence electrons. The van der Waals surface area contributed by atoms with Crippen LogP contribution in [0.4, 0.5) is 0 Å². The van der Waals surface area contributed by atoms with Crippen molar-refractivity contribution in [1.29, 1.82) is 0 Å². The van der Waals surface area contributed by atoms with Crippen LogP contribution in [-0.4, -0.2) is 35.4 Å².